The van der Waals surface area contributed by atoms with Crippen LogP contribution in [0.5, 0.6) is 0 Å². The molecule has 4 rings (SSSR count). The largest absolute Gasteiger partial charge is 0.383 e. The summed E-state index contributed by atoms with van der Waals surface area (Å²) in [6.45, 7) is 0.0137. The number of thiazole rings is 1. The Morgan fingerprint density at radius 3 is 2.45 bits per heavy atom. The summed E-state index contributed by atoms with van der Waals surface area (Å²) in [5.41, 5.74) is 1.76. The molecule has 0 aliphatic heterocycles. The highest BCUT2D eigenvalue weighted by molar-refractivity contribution is 7.92. The van der Waals surface area contributed by atoms with Crippen LogP contribution in [0.15, 0.2) is 65.7 Å². The van der Waals surface area contributed by atoms with Gasteiger partial charge in [-0.3, -0.25) is 9.59 Å². The van der Waals surface area contributed by atoms with Crippen molar-refractivity contribution in [3.05, 3.63) is 77.6 Å². The van der Waals surface area contributed by atoms with Crippen LogP contribution in [0, 0.1) is 11.8 Å². The molecule has 2 heterocycles. The fraction of sp³-hybridized carbons (Fsp3) is 0.200. The van der Waals surface area contributed by atoms with Crippen LogP contribution in [-0.2, 0) is 24.2 Å². The second kappa shape index (κ2) is 11.7. The number of nitrogens with one attached hydrogen (secondary N) is 2. The first-order valence-electron chi connectivity index (χ1n) is 11.2. The number of carbonyl (C=O) groups excluding carboxylic acids is 2. The Labute approximate surface area is 220 Å². The summed E-state index contributed by atoms with van der Waals surface area (Å²) < 4.78 is 59.2. The highest BCUT2D eigenvalue weighted by atomic mass is 32.2. The third kappa shape index (κ3) is 6.18. The van der Waals surface area contributed by atoms with Crippen molar-refractivity contribution >= 4 is 43.2 Å². The Morgan fingerprint density at radius 1 is 1.03 bits per heavy atom. The minimum Gasteiger partial charge on any atom is -0.383 e. The van der Waals surface area contributed by atoms with Gasteiger partial charge < -0.3 is 15.4 Å². The molecule has 2 amide bonds. The Kier molecular flexibility index (Phi) is 8.39. The highest BCUT2D eigenvalue weighted by Gasteiger charge is 2.38. The van der Waals surface area contributed by atoms with Crippen LogP contribution >= 0.6 is 11.3 Å². The number of pyridine rings is 1. The van der Waals surface area contributed by atoms with Crippen molar-refractivity contribution in [3.63, 3.8) is 0 Å². The molecule has 0 bridgehead atoms. The quantitative estimate of drug-likeness (QED) is 0.173. The lowest BCUT2D eigenvalue weighted by atomic mass is 10.1. The van der Waals surface area contributed by atoms with Crippen molar-refractivity contribution in [3.8, 4) is 11.1 Å². The molecule has 4 aromatic rings. The van der Waals surface area contributed by atoms with Gasteiger partial charge in [-0.1, -0.05) is 6.07 Å². The van der Waals surface area contributed by atoms with Crippen molar-refractivity contribution in [1.29, 1.82) is 0 Å². The fourth-order valence-electron chi connectivity index (χ4n) is 3.54. The molecule has 1 atom stereocenters. The zero-order valence-electron chi connectivity index (χ0n) is 20.0. The number of benzene rings is 2. The number of ether oxygens (including phenoxy) is 1. The number of fused-ring (bicyclic) bond motifs is 1. The molecule has 0 fully saturated rings. The molecule has 198 valence electrons. The molecule has 38 heavy (non-hydrogen) atoms. The lowest BCUT2D eigenvalue weighted by Gasteiger charge is -2.16. The van der Waals surface area contributed by atoms with Gasteiger partial charge in [0.2, 0.25) is 17.8 Å². The topological polar surface area (TPSA) is 127 Å². The molecular formula is C25H22F2N4O5S2. The molecule has 9 nitrogen and oxygen atoms in total. The number of carbonyl (C=O) groups is 2. The van der Waals surface area contributed by atoms with Gasteiger partial charge >= 0.3 is 0 Å². The summed E-state index contributed by atoms with van der Waals surface area (Å²) in [5, 5.41) is 3.06. The first-order chi connectivity index (χ1) is 18.2. The zero-order valence-corrected chi connectivity index (χ0v) is 21.6. The Balaban J connectivity index is 1.69. The molecule has 2 N–H and O–H groups in total. The third-order valence-electron chi connectivity index (χ3n) is 5.43. The number of hydrogen-bond donors (Lipinski definition) is 2. The van der Waals surface area contributed by atoms with Gasteiger partial charge in [0.1, 0.15) is 10.8 Å². The van der Waals surface area contributed by atoms with Gasteiger partial charge in [0.25, 0.3) is 0 Å². The first-order valence-corrected chi connectivity index (χ1v) is 13.6. The van der Waals surface area contributed by atoms with Gasteiger partial charge in [-0.05, 0) is 54.1 Å². The van der Waals surface area contributed by atoms with E-state index in [-0.39, 0.29) is 23.1 Å². The summed E-state index contributed by atoms with van der Waals surface area (Å²) in [6.07, 6.45) is 1.37. The van der Waals surface area contributed by atoms with Crippen molar-refractivity contribution in [2.75, 3.05) is 26.8 Å². The summed E-state index contributed by atoms with van der Waals surface area (Å²) in [4.78, 5) is 33.0. The second-order valence-electron chi connectivity index (χ2n) is 8.04. The van der Waals surface area contributed by atoms with Crippen molar-refractivity contribution in [1.82, 2.24) is 20.6 Å². The molecule has 0 radical (unpaired) electrons. The highest BCUT2D eigenvalue weighted by Crippen LogP contribution is 2.36. The maximum Gasteiger partial charge on any atom is 0.246 e. The van der Waals surface area contributed by atoms with Crippen LogP contribution in [0.25, 0.3) is 21.3 Å². The standard InChI is InChI=1S/C25H22F2N4O5S2/c1-36-11-10-28-22(32)14-30-24(33)23(38(34,35)18-6-4-17(26)5-7-18)25-31-19-8-2-15(12-20(19)37-25)16-3-9-21(27)29-13-16/h2-9,12-13,23H,10-11,14H2,1H3,(H,28,32)(H,30,33). The number of hydrogen-bond acceptors (Lipinski definition) is 8. The molecule has 0 spiro atoms. The van der Waals surface area contributed by atoms with Crippen LogP contribution in [0.1, 0.15) is 10.3 Å². The SMILES string of the molecule is COCCNC(=O)CNC(=O)C(c1nc2ccc(-c3ccc(F)nc3)cc2s1)S(=O)(=O)c1ccc(F)cc1. The van der Waals surface area contributed by atoms with Gasteiger partial charge in [0.05, 0.1) is 28.3 Å². The van der Waals surface area contributed by atoms with Gasteiger partial charge in [0.15, 0.2) is 15.1 Å². The van der Waals surface area contributed by atoms with E-state index in [0.29, 0.717) is 21.3 Å². The molecule has 0 aliphatic rings. The lowest BCUT2D eigenvalue weighted by Crippen LogP contribution is -2.41. The minimum absolute atomic E-state index is 0.0315. The molecule has 2 aromatic carbocycles. The summed E-state index contributed by atoms with van der Waals surface area (Å²) >= 11 is 0.985. The van der Waals surface area contributed by atoms with E-state index in [2.05, 4.69) is 20.6 Å². The van der Waals surface area contributed by atoms with Crippen LogP contribution in [0.4, 0.5) is 8.78 Å². The van der Waals surface area contributed by atoms with Crippen LogP contribution < -0.4 is 10.6 Å². The number of sulfone groups is 1. The summed E-state index contributed by atoms with van der Waals surface area (Å²) in [6, 6.07) is 12.0. The van der Waals surface area contributed by atoms with E-state index in [4.69, 9.17) is 4.74 Å². The van der Waals surface area contributed by atoms with E-state index in [1.807, 2.05) is 0 Å². The van der Waals surface area contributed by atoms with E-state index >= 15 is 0 Å². The van der Waals surface area contributed by atoms with E-state index in [1.54, 1.807) is 24.3 Å². The van der Waals surface area contributed by atoms with E-state index < -0.39 is 45.2 Å². The maximum atomic E-state index is 13.6. The van der Waals surface area contributed by atoms with Crippen LogP contribution in [0.2, 0.25) is 0 Å². The number of nitrogens with zero attached hydrogens (tertiary/aromatic N) is 2. The first kappa shape index (κ1) is 27.2. The molecule has 0 aliphatic carbocycles. The molecular weight excluding hydrogens is 538 g/mol. The van der Waals surface area contributed by atoms with E-state index in [1.165, 1.54) is 19.4 Å². The minimum atomic E-state index is -4.39. The number of aromatic nitrogens is 2. The van der Waals surface area contributed by atoms with E-state index in [0.717, 1.165) is 35.6 Å². The predicted octanol–water partition coefficient (Wildman–Crippen LogP) is 3.03. The maximum absolute atomic E-state index is 13.6. The summed E-state index contributed by atoms with van der Waals surface area (Å²) in [7, 11) is -2.92. The summed E-state index contributed by atoms with van der Waals surface area (Å²) in [5.74, 6) is -2.75. The number of methoxy groups -OCH3 is 1. The second-order valence-corrected chi connectivity index (χ2v) is 11.1. The normalized spacial score (nSPS) is 12.3. The Hall–Kier alpha value is -3.81. The zero-order chi connectivity index (χ0) is 27.3. The number of halogens is 2. The van der Waals surface area contributed by atoms with Gasteiger partial charge in [-0.15, -0.1) is 11.3 Å². The number of amides is 2. The Bertz CT molecular complexity index is 1560. The molecule has 0 saturated heterocycles. The smallest absolute Gasteiger partial charge is 0.246 e. The third-order valence-corrected chi connectivity index (χ3v) is 8.65. The lowest BCUT2D eigenvalue weighted by molar-refractivity contribution is -0.126. The van der Waals surface area contributed by atoms with Crippen LogP contribution in [0.3, 0.4) is 0 Å². The predicted molar refractivity (Wildman–Crippen MR) is 137 cm³/mol. The van der Waals surface area contributed by atoms with Gasteiger partial charge in [-0.25, -0.2) is 22.8 Å². The van der Waals surface area contributed by atoms with Crippen LogP contribution in [-0.4, -0.2) is 57.0 Å². The van der Waals surface area contributed by atoms with Gasteiger partial charge in [-0.2, -0.15) is 4.39 Å². The monoisotopic (exact) mass is 560 g/mol. The average molecular weight is 561 g/mol. The Morgan fingerprint density at radius 2 is 1.76 bits per heavy atom. The molecule has 13 heteroatoms. The average Bonchev–Trinajstić information content (AvgIpc) is 3.30. The van der Waals surface area contributed by atoms with Gasteiger partial charge in [0, 0.05) is 25.4 Å². The molecule has 1 unspecified atom stereocenters. The van der Waals surface area contributed by atoms with Crippen molar-refractivity contribution in [2.24, 2.45) is 0 Å². The number of rotatable bonds is 10. The molecule has 2 aromatic heterocycles. The van der Waals surface area contributed by atoms with Crippen molar-refractivity contribution < 1.29 is 31.5 Å². The van der Waals surface area contributed by atoms with Crippen molar-refractivity contribution in [2.45, 2.75) is 10.1 Å². The fourth-order valence-corrected chi connectivity index (χ4v) is 6.52. The molecule has 0 saturated carbocycles. The van der Waals surface area contributed by atoms with E-state index in [9.17, 15) is 26.8 Å².